The summed E-state index contributed by atoms with van der Waals surface area (Å²) >= 11 is 0. The molecule has 1 saturated heterocycles. The van der Waals surface area contributed by atoms with Crippen molar-refractivity contribution in [1.82, 2.24) is 4.67 Å². The maximum Gasteiger partial charge on any atom is 0.214 e. The summed E-state index contributed by atoms with van der Waals surface area (Å²) in [6.45, 7) is 5.98. The lowest BCUT2D eigenvalue weighted by molar-refractivity contribution is 0.321. The van der Waals surface area contributed by atoms with E-state index in [2.05, 4.69) is 25.6 Å². The number of hydrogen-bond donors (Lipinski definition) is 3. The predicted molar refractivity (Wildman–Crippen MR) is 69.7 cm³/mol. The molecular formula is C10H19N4OP. The van der Waals surface area contributed by atoms with Crippen molar-refractivity contribution in [2.45, 2.75) is 12.8 Å². The van der Waals surface area contributed by atoms with E-state index >= 15 is 0 Å². The van der Waals surface area contributed by atoms with Crippen LogP contribution < -0.4 is 11.5 Å². The van der Waals surface area contributed by atoms with E-state index in [9.17, 15) is 5.11 Å². The highest BCUT2D eigenvalue weighted by Gasteiger charge is 2.18. The van der Waals surface area contributed by atoms with Crippen LogP contribution in [-0.2, 0) is 0 Å². The average molecular weight is 242 g/mol. The van der Waals surface area contributed by atoms with Crippen LogP contribution in [-0.4, -0.2) is 28.8 Å². The van der Waals surface area contributed by atoms with Crippen LogP contribution in [0.4, 0.5) is 0 Å². The smallest absolute Gasteiger partial charge is 0.214 e. The molecule has 0 aliphatic carbocycles. The Kier molecular flexibility index (Phi) is 4.77. The third-order valence-corrected chi connectivity index (χ3v) is 3.13. The van der Waals surface area contributed by atoms with Gasteiger partial charge in [0.2, 0.25) is 5.88 Å². The zero-order valence-electron chi connectivity index (χ0n) is 9.26. The fourth-order valence-corrected chi connectivity index (χ4v) is 2.02. The third-order valence-electron chi connectivity index (χ3n) is 2.61. The maximum atomic E-state index is 9.41. The Labute approximate surface area is 98.2 Å². The summed E-state index contributed by atoms with van der Waals surface area (Å²) in [6, 6.07) is 0. The molecule has 0 bridgehead atoms. The van der Waals surface area contributed by atoms with E-state index in [4.69, 9.17) is 11.5 Å². The molecule has 0 spiro atoms. The van der Waals surface area contributed by atoms with Gasteiger partial charge in [0.05, 0.1) is 0 Å². The predicted octanol–water partition coefficient (Wildman–Crippen LogP) is 0.718. The van der Waals surface area contributed by atoms with Crippen molar-refractivity contribution in [1.29, 1.82) is 0 Å². The molecule has 0 aromatic heterocycles. The highest BCUT2D eigenvalue weighted by atomic mass is 31.0. The first-order chi connectivity index (χ1) is 7.49. The van der Waals surface area contributed by atoms with Gasteiger partial charge in [-0.2, -0.15) is 4.99 Å². The van der Waals surface area contributed by atoms with Gasteiger partial charge in [-0.25, -0.2) is 0 Å². The number of aliphatic hydroxyl groups excluding tert-OH is 1. The number of piperidine rings is 1. The first-order valence-corrected chi connectivity index (χ1v) is 5.69. The Morgan fingerprint density at radius 3 is 2.50 bits per heavy atom. The van der Waals surface area contributed by atoms with Crippen LogP contribution in [0, 0.1) is 5.92 Å². The van der Waals surface area contributed by atoms with Crippen molar-refractivity contribution in [3.63, 3.8) is 0 Å². The highest BCUT2D eigenvalue weighted by Crippen LogP contribution is 2.26. The Hall–Kier alpha value is -1.06. The summed E-state index contributed by atoms with van der Waals surface area (Å²) in [4.78, 5) is 3.54. The number of nitrogens with zero attached hydrogens (tertiary/aromatic N) is 2. The van der Waals surface area contributed by atoms with Gasteiger partial charge in [-0.05, 0) is 24.3 Å². The van der Waals surface area contributed by atoms with Gasteiger partial charge in [-0.15, -0.1) is 0 Å². The van der Waals surface area contributed by atoms with E-state index in [1.165, 1.54) is 6.08 Å². The Balaban J connectivity index is 2.55. The minimum Gasteiger partial charge on any atom is -0.493 e. The number of nitrogens with two attached hydrogens (primary N) is 2. The van der Waals surface area contributed by atoms with Crippen molar-refractivity contribution in [3.8, 4) is 0 Å². The van der Waals surface area contributed by atoms with Gasteiger partial charge in [0.1, 0.15) is 0 Å². The lowest BCUT2D eigenvalue weighted by Gasteiger charge is -2.28. The van der Waals surface area contributed by atoms with Crippen LogP contribution in [0.25, 0.3) is 0 Å². The summed E-state index contributed by atoms with van der Waals surface area (Å²) in [5, 5.41) is 9.41. The Bertz CT molecular complexity index is 315. The molecule has 0 aromatic carbocycles. The van der Waals surface area contributed by atoms with Gasteiger partial charge in [-0.3, -0.25) is 4.67 Å². The van der Waals surface area contributed by atoms with Gasteiger partial charge in [-0.1, -0.05) is 16.0 Å². The average Bonchev–Trinajstić information content (AvgIpc) is 2.16. The largest absolute Gasteiger partial charge is 0.493 e. The molecule has 16 heavy (non-hydrogen) atoms. The molecule has 1 aliphatic heterocycles. The molecule has 90 valence electrons. The number of rotatable bonds is 3. The SMILES string of the molecule is C=C(/C=C(/O)N=C(N)N)C1CCN(P)CC1. The quantitative estimate of drug-likeness (QED) is 0.224. The second-order valence-electron chi connectivity index (χ2n) is 3.92. The molecule has 5 nitrogen and oxygen atoms in total. The molecule has 0 saturated carbocycles. The second kappa shape index (κ2) is 5.87. The van der Waals surface area contributed by atoms with Crippen LogP contribution in [0.15, 0.2) is 29.1 Å². The standard InChI is InChI=1S/C10H19N4OP/c1-7(6-9(15)13-10(11)12)8-2-4-14(16)5-3-8/h6,8,15H,1-5,16H2,(H4,11,12,13)/b9-6+. The highest BCUT2D eigenvalue weighted by molar-refractivity contribution is 7.13. The minimum atomic E-state index is -0.182. The van der Waals surface area contributed by atoms with Crippen molar-refractivity contribution >= 4 is 15.4 Å². The monoisotopic (exact) mass is 242 g/mol. The molecule has 1 aliphatic rings. The van der Waals surface area contributed by atoms with Crippen molar-refractivity contribution in [3.05, 3.63) is 24.1 Å². The molecule has 1 fully saturated rings. The Morgan fingerprint density at radius 1 is 1.44 bits per heavy atom. The second-order valence-corrected chi connectivity index (χ2v) is 4.65. The number of aliphatic hydroxyl groups is 1. The first-order valence-electron chi connectivity index (χ1n) is 5.17. The van der Waals surface area contributed by atoms with Gasteiger partial charge in [0.15, 0.2) is 5.96 Å². The van der Waals surface area contributed by atoms with Crippen molar-refractivity contribution in [2.75, 3.05) is 13.1 Å². The maximum absolute atomic E-state index is 9.41. The fraction of sp³-hybridized carbons (Fsp3) is 0.500. The molecule has 5 N–H and O–H groups in total. The van der Waals surface area contributed by atoms with Crippen LogP contribution >= 0.6 is 9.39 Å². The third kappa shape index (κ3) is 4.21. The van der Waals surface area contributed by atoms with Crippen LogP contribution in [0.1, 0.15) is 12.8 Å². The lowest BCUT2D eigenvalue weighted by atomic mass is 9.91. The summed E-state index contributed by atoms with van der Waals surface area (Å²) in [6.07, 6.45) is 3.60. The molecule has 1 rings (SSSR count). The van der Waals surface area contributed by atoms with Gasteiger partial charge in [0.25, 0.3) is 0 Å². The zero-order valence-corrected chi connectivity index (χ0v) is 10.4. The molecule has 6 heteroatoms. The lowest BCUT2D eigenvalue weighted by Crippen LogP contribution is -2.26. The molecule has 1 heterocycles. The normalized spacial score (nSPS) is 19.4. The minimum absolute atomic E-state index is 0.152. The van der Waals surface area contributed by atoms with E-state index in [-0.39, 0.29) is 11.8 Å². The first kappa shape index (κ1) is 13.0. The van der Waals surface area contributed by atoms with Crippen LogP contribution in [0.5, 0.6) is 0 Å². The zero-order chi connectivity index (χ0) is 12.1. The fourth-order valence-electron chi connectivity index (χ4n) is 1.72. The van der Waals surface area contributed by atoms with E-state index in [1.54, 1.807) is 0 Å². The number of guanidine groups is 1. The molecule has 0 radical (unpaired) electrons. The van der Waals surface area contributed by atoms with Crippen LogP contribution in [0.3, 0.4) is 0 Å². The van der Waals surface area contributed by atoms with E-state index in [0.717, 1.165) is 31.5 Å². The summed E-state index contributed by atoms with van der Waals surface area (Å²) in [5.41, 5.74) is 11.2. The van der Waals surface area contributed by atoms with Gasteiger partial charge in [0, 0.05) is 19.2 Å². The number of allylic oxidation sites excluding steroid dienone is 2. The molecule has 1 unspecified atom stereocenters. The molecule has 0 amide bonds. The topological polar surface area (TPSA) is 87.9 Å². The Morgan fingerprint density at radius 2 is 2.00 bits per heavy atom. The summed E-state index contributed by atoms with van der Waals surface area (Å²) < 4.78 is 2.20. The number of hydrogen-bond acceptors (Lipinski definition) is 3. The number of aliphatic imine (C=N–C) groups is 1. The molecule has 0 aromatic rings. The van der Waals surface area contributed by atoms with E-state index < -0.39 is 0 Å². The van der Waals surface area contributed by atoms with Crippen molar-refractivity contribution < 1.29 is 5.11 Å². The van der Waals surface area contributed by atoms with Crippen LogP contribution in [0.2, 0.25) is 0 Å². The van der Waals surface area contributed by atoms with E-state index in [0.29, 0.717) is 5.92 Å². The van der Waals surface area contributed by atoms with Crippen molar-refractivity contribution in [2.24, 2.45) is 22.4 Å². The van der Waals surface area contributed by atoms with Gasteiger partial charge < -0.3 is 16.6 Å². The summed E-state index contributed by atoms with van der Waals surface area (Å²) in [5.74, 6) is 0.0628. The molecule has 1 atom stereocenters. The van der Waals surface area contributed by atoms with E-state index in [1.807, 2.05) is 0 Å². The summed E-state index contributed by atoms with van der Waals surface area (Å²) in [7, 11) is 2.69. The van der Waals surface area contributed by atoms with Gasteiger partial charge >= 0.3 is 0 Å². The molecular weight excluding hydrogens is 223 g/mol.